The van der Waals surface area contributed by atoms with Crippen LogP contribution in [0.25, 0.3) is 0 Å². The molecule has 1 saturated carbocycles. The number of alkyl halides is 3. The molecule has 1 aromatic heterocycles. The number of halogens is 3. The fourth-order valence-corrected chi connectivity index (χ4v) is 4.27. The number of thioether (sulfide) groups is 1. The molecule has 144 valence electrons. The summed E-state index contributed by atoms with van der Waals surface area (Å²) in [6, 6.07) is 8.68. The van der Waals surface area contributed by atoms with Gasteiger partial charge in [0.25, 0.3) is 0 Å². The second kappa shape index (κ2) is 7.00. The van der Waals surface area contributed by atoms with E-state index in [0.29, 0.717) is 6.54 Å². The van der Waals surface area contributed by atoms with Gasteiger partial charge in [0.2, 0.25) is 0 Å². The lowest BCUT2D eigenvalue weighted by atomic mass is 10.1. The number of anilines is 1. The Kier molecular flexibility index (Phi) is 4.82. The maximum Gasteiger partial charge on any atom is 0.446 e. The Balaban J connectivity index is 1.47. The summed E-state index contributed by atoms with van der Waals surface area (Å²) in [6.07, 6.45) is 5.90. The molecule has 0 unspecified atom stereocenters. The minimum Gasteiger partial charge on any atom is -0.357 e. The standard InChI is InChI=1S/C19H21F3N4S/c20-19(21,22)27-17-3-1-16(2-4-17)25-12-18(6-7-18)26(13-25)11-14-5-8-24-10-15(14)9-23/h1-5,8,10H,6-7,9,11-13,23H2. The Labute approximate surface area is 160 Å². The molecule has 0 amide bonds. The predicted molar refractivity (Wildman–Crippen MR) is 100 cm³/mol. The number of aromatic nitrogens is 1. The summed E-state index contributed by atoms with van der Waals surface area (Å²) < 4.78 is 37.5. The first-order valence-electron chi connectivity index (χ1n) is 8.86. The highest BCUT2D eigenvalue weighted by atomic mass is 32.2. The number of nitrogens with zero attached hydrogens (tertiary/aromatic N) is 3. The van der Waals surface area contributed by atoms with Crippen molar-refractivity contribution in [1.29, 1.82) is 0 Å². The van der Waals surface area contributed by atoms with Gasteiger partial charge in [0, 0.05) is 48.1 Å². The minimum absolute atomic E-state index is 0.0762. The highest BCUT2D eigenvalue weighted by Gasteiger charge is 2.53. The van der Waals surface area contributed by atoms with E-state index in [-0.39, 0.29) is 22.2 Å². The van der Waals surface area contributed by atoms with E-state index in [1.165, 1.54) is 5.56 Å². The average Bonchev–Trinajstić information content (AvgIpc) is 3.32. The van der Waals surface area contributed by atoms with Crippen molar-refractivity contribution < 1.29 is 13.2 Å². The van der Waals surface area contributed by atoms with Crippen molar-refractivity contribution in [3.05, 3.63) is 53.9 Å². The second-order valence-electron chi connectivity index (χ2n) is 7.15. The number of hydrogen-bond acceptors (Lipinski definition) is 5. The Morgan fingerprint density at radius 1 is 1.11 bits per heavy atom. The van der Waals surface area contributed by atoms with Gasteiger partial charge >= 0.3 is 5.51 Å². The van der Waals surface area contributed by atoms with Crippen LogP contribution < -0.4 is 10.6 Å². The molecule has 0 bridgehead atoms. The third kappa shape index (κ3) is 4.07. The lowest BCUT2D eigenvalue weighted by molar-refractivity contribution is -0.0328. The number of pyridine rings is 1. The quantitative estimate of drug-likeness (QED) is 0.778. The van der Waals surface area contributed by atoms with Gasteiger partial charge in [0.15, 0.2) is 0 Å². The van der Waals surface area contributed by atoms with Crippen LogP contribution in [-0.2, 0) is 13.1 Å². The van der Waals surface area contributed by atoms with Crippen LogP contribution in [0, 0.1) is 0 Å². The Morgan fingerprint density at radius 3 is 2.48 bits per heavy atom. The van der Waals surface area contributed by atoms with Crippen LogP contribution in [-0.4, -0.2) is 34.1 Å². The van der Waals surface area contributed by atoms with Crippen LogP contribution in [0.2, 0.25) is 0 Å². The van der Waals surface area contributed by atoms with Crippen LogP contribution >= 0.6 is 11.8 Å². The van der Waals surface area contributed by atoms with E-state index in [1.807, 2.05) is 12.3 Å². The van der Waals surface area contributed by atoms with Gasteiger partial charge in [0.05, 0.1) is 6.67 Å². The molecule has 8 heteroatoms. The van der Waals surface area contributed by atoms with E-state index in [1.54, 1.807) is 30.5 Å². The molecule has 1 aliphatic heterocycles. The Bertz CT molecular complexity index is 805. The zero-order chi connectivity index (χ0) is 19.1. The lowest BCUT2D eigenvalue weighted by Gasteiger charge is -2.23. The van der Waals surface area contributed by atoms with Gasteiger partial charge in [-0.3, -0.25) is 9.88 Å². The van der Waals surface area contributed by atoms with Gasteiger partial charge in [-0.1, -0.05) is 0 Å². The fourth-order valence-electron chi connectivity index (χ4n) is 3.73. The van der Waals surface area contributed by atoms with Gasteiger partial charge < -0.3 is 10.6 Å². The SMILES string of the molecule is NCc1cnccc1CN1CN(c2ccc(SC(F)(F)F)cc2)CC12CC2. The molecule has 0 atom stereocenters. The number of benzene rings is 1. The van der Waals surface area contributed by atoms with Crippen molar-refractivity contribution in [2.45, 2.75) is 41.9 Å². The van der Waals surface area contributed by atoms with Crippen molar-refractivity contribution in [2.75, 3.05) is 18.1 Å². The normalized spacial score (nSPS) is 19.0. The molecular formula is C19H21F3N4S. The molecule has 2 fully saturated rings. The summed E-state index contributed by atoms with van der Waals surface area (Å²) in [6.45, 7) is 2.94. The zero-order valence-electron chi connectivity index (χ0n) is 14.7. The van der Waals surface area contributed by atoms with Gasteiger partial charge in [-0.25, -0.2) is 0 Å². The summed E-state index contributed by atoms with van der Waals surface area (Å²) in [5.41, 5.74) is 4.96. The molecule has 1 aliphatic carbocycles. The van der Waals surface area contributed by atoms with E-state index >= 15 is 0 Å². The number of rotatable bonds is 5. The molecule has 2 N–H and O–H groups in total. The first kappa shape index (κ1) is 18.6. The number of nitrogens with two attached hydrogens (primary N) is 1. The summed E-state index contributed by atoms with van der Waals surface area (Å²) >= 11 is -0.0762. The summed E-state index contributed by atoms with van der Waals surface area (Å²) in [5, 5.41) is 0. The topological polar surface area (TPSA) is 45.4 Å². The van der Waals surface area contributed by atoms with Gasteiger partial charge in [-0.05, 0) is 66.1 Å². The van der Waals surface area contributed by atoms with Crippen LogP contribution in [0.4, 0.5) is 18.9 Å². The summed E-state index contributed by atoms with van der Waals surface area (Å²) in [4.78, 5) is 9.07. The zero-order valence-corrected chi connectivity index (χ0v) is 15.6. The van der Waals surface area contributed by atoms with Crippen molar-refractivity contribution >= 4 is 17.4 Å². The molecule has 4 rings (SSSR count). The molecule has 2 aliphatic rings. The van der Waals surface area contributed by atoms with Crippen LogP contribution in [0.3, 0.4) is 0 Å². The molecule has 1 spiro atoms. The number of hydrogen-bond donors (Lipinski definition) is 1. The largest absolute Gasteiger partial charge is 0.446 e. The summed E-state index contributed by atoms with van der Waals surface area (Å²) in [7, 11) is 0. The van der Waals surface area contributed by atoms with E-state index in [9.17, 15) is 13.2 Å². The molecule has 1 saturated heterocycles. The van der Waals surface area contributed by atoms with Crippen molar-refractivity contribution in [2.24, 2.45) is 5.73 Å². The van der Waals surface area contributed by atoms with Crippen LogP contribution in [0.15, 0.2) is 47.6 Å². The van der Waals surface area contributed by atoms with E-state index in [0.717, 1.165) is 43.9 Å². The molecule has 2 aromatic rings. The summed E-state index contributed by atoms with van der Waals surface area (Å²) in [5.74, 6) is 0. The van der Waals surface area contributed by atoms with Crippen molar-refractivity contribution in [3.8, 4) is 0 Å². The van der Waals surface area contributed by atoms with E-state index < -0.39 is 5.51 Å². The van der Waals surface area contributed by atoms with Gasteiger partial charge in [-0.15, -0.1) is 0 Å². The molecule has 4 nitrogen and oxygen atoms in total. The molecular weight excluding hydrogens is 373 g/mol. The maximum absolute atomic E-state index is 12.5. The predicted octanol–water partition coefficient (Wildman–Crippen LogP) is 3.96. The van der Waals surface area contributed by atoms with Gasteiger partial charge in [0.1, 0.15) is 0 Å². The average molecular weight is 394 g/mol. The smallest absolute Gasteiger partial charge is 0.357 e. The van der Waals surface area contributed by atoms with E-state index in [2.05, 4.69) is 14.8 Å². The van der Waals surface area contributed by atoms with Crippen LogP contribution in [0.1, 0.15) is 24.0 Å². The van der Waals surface area contributed by atoms with Crippen LogP contribution in [0.5, 0.6) is 0 Å². The first-order chi connectivity index (χ1) is 12.9. The minimum atomic E-state index is -4.25. The first-order valence-corrected chi connectivity index (χ1v) is 9.68. The van der Waals surface area contributed by atoms with E-state index in [4.69, 9.17) is 5.73 Å². The Morgan fingerprint density at radius 2 is 1.85 bits per heavy atom. The third-order valence-electron chi connectivity index (χ3n) is 5.35. The lowest BCUT2D eigenvalue weighted by Crippen LogP contribution is -2.32. The van der Waals surface area contributed by atoms with Crippen molar-refractivity contribution in [3.63, 3.8) is 0 Å². The van der Waals surface area contributed by atoms with Crippen molar-refractivity contribution in [1.82, 2.24) is 9.88 Å². The Hall–Kier alpha value is -1.77. The maximum atomic E-state index is 12.5. The highest BCUT2D eigenvalue weighted by Crippen LogP contribution is 2.48. The monoisotopic (exact) mass is 394 g/mol. The third-order valence-corrected chi connectivity index (χ3v) is 6.09. The van der Waals surface area contributed by atoms with Gasteiger partial charge in [-0.2, -0.15) is 13.2 Å². The highest BCUT2D eigenvalue weighted by molar-refractivity contribution is 8.00. The molecule has 2 heterocycles. The molecule has 1 aromatic carbocycles. The fraction of sp³-hybridized carbons (Fsp3) is 0.421. The second-order valence-corrected chi connectivity index (χ2v) is 8.29. The molecule has 0 radical (unpaired) electrons. The molecule has 27 heavy (non-hydrogen) atoms.